The molecule has 3 rings (SSSR count). The number of esters is 1. The third-order valence-corrected chi connectivity index (χ3v) is 4.08. The van der Waals surface area contributed by atoms with Crippen molar-refractivity contribution in [3.63, 3.8) is 0 Å². The molecule has 0 aliphatic carbocycles. The Labute approximate surface area is 141 Å². The minimum Gasteiger partial charge on any atom is -0.488 e. The summed E-state index contributed by atoms with van der Waals surface area (Å²) < 4.78 is 10.7. The monoisotopic (exact) mass is 324 g/mol. The van der Waals surface area contributed by atoms with Crippen molar-refractivity contribution in [2.24, 2.45) is 0 Å². The van der Waals surface area contributed by atoms with Crippen molar-refractivity contribution in [1.29, 1.82) is 0 Å². The predicted octanol–water partition coefficient (Wildman–Crippen LogP) is 3.11. The van der Waals surface area contributed by atoms with Crippen molar-refractivity contribution < 1.29 is 19.4 Å². The van der Waals surface area contributed by atoms with Crippen LogP contribution >= 0.6 is 0 Å². The van der Waals surface area contributed by atoms with Crippen LogP contribution in [0.4, 0.5) is 0 Å². The molecule has 0 fully saturated rings. The van der Waals surface area contributed by atoms with E-state index in [1.165, 1.54) is 7.11 Å². The van der Waals surface area contributed by atoms with Gasteiger partial charge < -0.3 is 14.6 Å². The Morgan fingerprint density at radius 2 is 2.08 bits per heavy atom. The van der Waals surface area contributed by atoms with Gasteiger partial charge in [-0.2, -0.15) is 0 Å². The first kappa shape index (κ1) is 16.3. The molecule has 0 bridgehead atoms. The average Bonchev–Trinajstić information content (AvgIpc) is 2.76. The first-order valence-corrected chi connectivity index (χ1v) is 7.95. The Kier molecular flexibility index (Phi) is 4.96. The second kappa shape index (κ2) is 7.32. The molecule has 1 aliphatic heterocycles. The molecule has 0 unspecified atom stereocenters. The summed E-state index contributed by atoms with van der Waals surface area (Å²) in [7, 11) is 1.39. The number of carbonyl (C=O) groups is 1. The van der Waals surface area contributed by atoms with E-state index >= 15 is 0 Å². The average molecular weight is 324 g/mol. The molecule has 1 N–H and O–H groups in total. The number of ether oxygens (including phenoxy) is 2. The fraction of sp³-hybridized carbons (Fsp3) is 0.250. The van der Waals surface area contributed by atoms with Gasteiger partial charge in [-0.25, -0.2) is 0 Å². The van der Waals surface area contributed by atoms with E-state index in [1.807, 2.05) is 42.5 Å². The lowest BCUT2D eigenvalue weighted by Gasteiger charge is -2.12. The lowest BCUT2D eigenvalue weighted by Crippen LogP contribution is -2.05. The highest BCUT2D eigenvalue weighted by Crippen LogP contribution is 2.37. The number of aliphatic hydroxyl groups is 1. The van der Waals surface area contributed by atoms with Gasteiger partial charge in [0.2, 0.25) is 0 Å². The zero-order valence-corrected chi connectivity index (χ0v) is 13.6. The largest absolute Gasteiger partial charge is 0.488 e. The third kappa shape index (κ3) is 3.34. The Balaban J connectivity index is 2.10. The van der Waals surface area contributed by atoms with Gasteiger partial charge in [-0.15, -0.1) is 0 Å². The second-order valence-corrected chi connectivity index (χ2v) is 5.66. The van der Waals surface area contributed by atoms with Crippen molar-refractivity contribution in [2.45, 2.75) is 19.4 Å². The molecule has 0 aromatic heterocycles. The molecule has 0 saturated carbocycles. The number of fused-ring (bicyclic) bond motifs is 2. The molecule has 1 aliphatic rings. The van der Waals surface area contributed by atoms with Crippen LogP contribution in [0.5, 0.6) is 5.75 Å². The molecular formula is C20H20O4. The summed E-state index contributed by atoms with van der Waals surface area (Å²) in [5.74, 6) is 0.509. The minimum absolute atomic E-state index is 0.0870. The number of methoxy groups -OCH3 is 1. The Hall–Kier alpha value is -2.59. The van der Waals surface area contributed by atoms with Gasteiger partial charge in [0.15, 0.2) is 0 Å². The van der Waals surface area contributed by atoms with E-state index in [4.69, 9.17) is 9.47 Å². The molecule has 0 spiro atoms. The van der Waals surface area contributed by atoms with Crippen LogP contribution in [0.3, 0.4) is 0 Å². The predicted molar refractivity (Wildman–Crippen MR) is 91.7 cm³/mol. The van der Waals surface area contributed by atoms with E-state index in [9.17, 15) is 9.90 Å². The summed E-state index contributed by atoms with van der Waals surface area (Å²) >= 11 is 0. The summed E-state index contributed by atoms with van der Waals surface area (Å²) in [6, 6.07) is 13.8. The van der Waals surface area contributed by atoms with Crippen LogP contribution in [0, 0.1) is 0 Å². The zero-order chi connectivity index (χ0) is 16.9. The maximum Gasteiger partial charge on any atom is 0.309 e. The number of rotatable bonds is 4. The van der Waals surface area contributed by atoms with Gasteiger partial charge in [-0.3, -0.25) is 4.79 Å². The summed E-state index contributed by atoms with van der Waals surface area (Å²) in [6.45, 7) is 0.583. The normalized spacial score (nSPS) is 14.3. The zero-order valence-electron chi connectivity index (χ0n) is 13.6. The van der Waals surface area contributed by atoms with Gasteiger partial charge >= 0.3 is 5.97 Å². The molecule has 0 radical (unpaired) electrons. The van der Waals surface area contributed by atoms with E-state index < -0.39 is 0 Å². The molecule has 0 saturated heterocycles. The van der Waals surface area contributed by atoms with Gasteiger partial charge in [-0.05, 0) is 40.8 Å². The van der Waals surface area contributed by atoms with Crippen LogP contribution < -0.4 is 4.74 Å². The molecule has 0 amide bonds. The van der Waals surface area contributed by atoms with E-state index in [1.54, 1.807) is 0 Å². The fourth-order valence-electron chi connectivity index (χ4n) is 2.90. The van der Waals surface area contributed by atoms with E-state index in [0.29, 0.717) is 13.0 Å². The maximum atomic E-state index is 11.6. The van der Waals surface area contributed by atoms with Crippen LogP contribution in [0.2, 0.25) is 0 Å². The molecule has 124 valence electrons. The number of aliphatic hydroxyl groups excluding tert-OH is 1. The Morgan fingerprint density at radius 1 is 1.25 bits per heavy atom. The van der Waals surface area contributed by atoms with Gasteiger partial charge in [0.05, 0.1) is 13.5 Å². The van der Waals surface area contributed by atoms with Crippen molar-refractivity contribution in [1.82, 2.24) is 0 Å². The van der Waals surface area contributed by atoms with E-state index in [2.05, 4.69) is 6.07 Å². The van der Waals surface area contributed by atoms with Crippen LogP contribution in [0.15, 0.2) is 48.5 Å². The molecule has 2 aromatic rings. The molecule has 0 atom stereocenters. The topological polar surface area (TPSA) is 55.8 Å². The lowest BCUT2D eigenvalue weighted by molar-refractivity contribution is -0.139. The highest BCUT2D eigenvalue weighted by Gasteiger charge is 2.19. The minimum atomic E-state index is -0.272. The van der Waals surface area contributed by atoms with E-state index in [0.717, 1.165) is 33.6 Å². The van der Waals surface area contributed by atoms with Crippen LogP contribution in [-0.2, 0) is 22.6 Å². The lowest BCUT2D eigenvalue weighted by atomic mass is 9.92. The number of carbonyl (C=O) groups excluding carboxylic acids is 1. The summed E-state index contributed by atoms with van der Waals surface area (Å²) in [5, 5.41) is 9.23. The Bertz CT molecular complexity index is 777. The smallest absolute Gasteiger partial charge is 0.309 e. The molecule has 4 nitrogen and oxygen atoms in total. The first-order valence-electron chi connectivity index (χ1n) is 7.95. The van der Waals surface area contributed by atoms with E-state index in [-0.39, 0.29) is 19.0 Å². The summed E-state index contributed by atoms with van der Waals surface area (Å²) in [4.78, 5) is 11.6. The fourth-order valence-corrected chi connectivity index (χ4v) is 2.90. The summed E-state index contributed by atoms with van der Waals surface area (Å²) in [5.41, 5.74) is 5.04. The quantitative estimate of drug-likeness (QED) is 0.878. The van der Waals surface area contributed by atoms with Crippen molar-refractivity contribution >= 4 is 11.5 Å². The third-order valence-electron chi connectivity index (χ3n) is 4.08. The molecule has 2 aromatic carbocycles. The molecule has 1 heterocycles. The number of hydrogen-bond acceptors (Lipinski definition) is 4. The van der Waals surface area contributed by atoms with Crippen LogP contribution in [0.1, 0.15) is 28.7 Å². The van der Waals surface area contributed by atoms with Crippen molar-refractivity contribution in [3.05, 3.63) is 70.8 Å². The molecular weight excluding hydrogens is 304 g/mol. The van der Waals surface area contributed by atoms with Gasteiger partial charge in [0, 0.05) is 12.2 Å². The molecule has 24 heavy (non-hydrogen) atoms. The van der Waals surface area contributed by atoms with Gasteiger partial charge in [-0.1, -0.05) is 36.4 Å². The van der Waals surface area contributed by atoms with Crippen LogP contribution in [0.25, 0.3) is 5.57 Å². The first-order chi connectivity index (χ1) is 11.7. The SMILES string of the molecule is COC(=O)Cc1ccc2c(c1)C(=CCCO)c1ccccc1CO2. The maximum absolute atomic E-state index is 11.6. The highest BCUT2D eigenvalue weighted by molar-refractivity contribution is 5.85. The van der Waals surface area contributed by atoms with Crippen LogP contribution in [-0.4, -0.2) is 24.8 Å². The highest BCUT2D eigenvalue weighted by atomic mass is 16.5. The molecule has 4 heteroatoms. The van der Waals surface area contributed by atoms with Gasteiger partial charge in [0.25, 0.3) is 0 Å². The van der Waals surface area contributed by atoms with Crippen molar-refractivity contribution in [2.75, 3.05) is 13.7 Å². The van der Waals surface area contributed by atoms with Gasteiger partial charge in [0.1, 0.15) is 12.4 Å². The summed E-state index contributed by atoms with van der Waals surface area (Å²) in [6.07, 6.45) is 2.80. The number of benzene rings is 2. The van der Waals surface area contributed by atoms with Crippen molar-refractivity contribution in [3.8, 4) is 5.75 Å². The standard InChI is InChI=1S/C20H20O4/c1-23-20(22)12-14-8-9-19-18(11-14)17(7-4-10-21)16-6-3-2-5-15(16)13-24-19/h2-3,5-9,11,21H,4,10,12-13H2,1H3. The Morgan fingerprint density at radius 3 is 2.88 bits per heavy atom. The second-order valence-electron chi connectivity index (χ2n) is 5.66. The number of hydrogen-bond donors (Lipinski definition) is 1.